The summed E-state index contributed by atoms with van der Waals surface area (Å²) < 4.78 is 1.78. The number of benzene rings is 1. The van der Waals surface area contributed by atoms with Gasteiger partial charge in [0.25, 0.3) is 0 Å². The molecule has 3 aromatic rings. The summed E-state index contributed by atoms with van der Waals surface area (Å²) in [4.78, 5) is 14.7. The summed E-state index contributed by atoms with van der Waals surface area (Å²) in [6, 6.07) is 14.2. The lowest BCUT2D eigenvalue weighted by atomic mass is 10.00. The third kappa shape index (κ3) is 3.69. The first-order valence-electron chi connectivity index (χ1n) is 9.89. The van der Waals surface area contributed by atoms with E-state index in [0.717, 1.165) is 48.1 Å². The molecule has 1 amide bonds. The van der Waals surface area contributed by atoms with E-state index in [-0.39, 0.29) is 5.91 Å². The van der Waals surface area contributed by atoms with Crippen LogP contribution in [-0.4, -0.2) is 33.0 Å². The van der Waals surface area contributed by atoms with Crippen molar-refractivity contribution in [3.63, 3.8) is 0 Å². The lowest BCUT2D eigenvalue weighted by molar-refractivity contribution is -0.129. The fourth-order valence-electron chi connectivity index (χ4n) is 3.89. The van der Waals surface area contributed by atoms with E-state index in [1.54, 1.807) is 10.6 Å². The average molecular weight is 394 g/mol. The third-order valence-corrected chi connectivity index (χ3v) is 5.88. The van der Waals surface area contributed by atoms with Gasteiger partial charge in [-0.15, -0.1) is 0 Å². The minimum atomic E-state index is 0.0703. The fraction of sp³-hybridized carbons (Fsp3) is 0.304. The molecule has 3 heterocycles. The number of carbonyl (C=O) groups is 1. The molecule has 1 aliphatic heterocycles. The van der Waals surface area contributed by atoms with Gasteiger partial charge in [0.05, 0.1) is 16.2 Å². The molecule has 0 saturated carbocycles. The van der Waals surface area contributed by atoms with E-state index in [2.05, 4.69) is 12.0 Å². The molecule has 5 heteroatoms. The number of hydrogen-bond donors (Lipinski definition) is 0. The number of amides is 1. The molecule has 1 aliphatic rings. The highest BCUT2D eigenvalue weighted by molar-refractivity contribution is 6.35. The van der Waals surface area contributed by atoms with Crippen molar-refractivity contribution < 1.29 is 4.79 Å². The summed E-state index contributed by atoms with van der Waals surface area (Å²) in [5.74, 6) is 0.0703. The first-order chi connectivity index (χ1) is 13.7. The molecule has 1 saturated heterocycles. The molecule has 144 valence electrons. The maximum atomic E-state index is 12.7. The molecule has 2 aromatic heterocycles. The average Bonchev–Trinajstić information content (AvgIpc) is 3.19. The molecule has 28 heavy (non-hydrogen) atoms. The van der Waals surface area contributed by atoms with Crippen molar-refractivity contribution in [3.8, 4) is 11.3 Å². The molecule has 1 aromatic carbocycles. The van der Waals surface area contributed by atoms with Gasteiger partial charge in [-0.25, -0.2) is 4.52 Å². The number of nitrogens with zero attached hydrogens (tertiary/aromatic N) is 3. The maximum Gasteiger partial charge on any atom is 0.246 e. The van der Waals surface area contributed by atoms with Crippen LogP contribution < -0.4 is 0 Å². The van der Waals surface area contributed by atoms with E-state index < -0.39 is 0 Å². The second kappa shape index (κ2) is 8.19. The van der Waals surface area contributed by atoms with Gasteiger partial charge in [-0.3, -0.25) is 4.79 Å². The number of likely N-dealkylation sites (tertiary alicyclic amines) is 1. The quantitative estimate of drug-likeness (QED) is 0.552. The monoisotopic (exact) mass is 393 g/mol. The van der Waals surface area contributed by atoms with Crippen LogP contribution in [0.4, 0.5) is 0 Å². The normalized spacial score (nSPS) is 17.5. The summed E-state index contributed by atoms with van der Waals surface area (Å²) in [5, 5.41) is 5.21. The van der Waals surface area contributed by atoms with E-state index in [9.17, 15) is 4.79 Å². The van der Waals surface area contributed by atoms with Gasteiger partial charge in [-0.2, -0.15) is 5.10 Å². The van der Waals surface area contributed by atoms with Gasteiger partial charge in [0.1, 0.15) is 0 Å². The van der Waals surface area contributed by atoms with Crippen LogP contribution in [0.25, 0.3) is 22.9 Å². The largest absolute Gasteiger partial charge is 0.336 e. The smallest absolute Gasteiger partial charge is 0.246 e. The zero-order valence-corrected chi connectivity index (χ0v) is 16.8. The predicted octanol–water partition coefficient (Wildman–Crippen LogP) is 5.46. The molecule has 0 radical (unpaired) electrons. The summed E-state index contributed by atoms with van der Waals surface area (Å²) in [5.41, 5.74) is 3.58. The van der Waals surface area contributed by atoms with Crippen molar-refractivity contribution in [2.75, 3.05) is 6.54 Å². The number of fused-ring (bicyclic) bond motifs is 1. The Morgan fingerprint density at radius 3 is 2.86 bits per heavy atom. The Bertz CT molecular complexity index is 1010. The Hall–Kier alpha value is -2.59. The SMILES string of the molecule is CCC1CCCCN1C(=O)C=Cc1ccn2nc(-c3ccccc3)cc2c1Cl. The second-order valence-corrected chi connectivity index (χ2v) is 7.61. The van der Waals surface area contributed by atoms with E-state index in [0.29, 0.717) is 11.1 Å². The number of halogens is 1. The Kier molecular flexibility index (Phi) is 5.49. The van der Waals surface area contributed by atoms with E-state index in [1.165, 1.54) is 6.42 Å². The van der Waals surface area contributed by atoms with Gasteiger partial charge >= 0.3 is 0 Å². The van der Waals surface area contributed by atoms with Gasteiger partial charge in [0.15, 0.2) is 0 Å². The van der Waals surface area contributed by atoms with Crippen LogP contribution >= 0.6 is 11.6 Å². The van der Waals surface area contributed by atoms with Crippen LogP contribution in [0.2, 0.25) is 5.02 Å². The summed E-state index contributed by atoms with van der Waals surface area (Å²) in [6.07, 6.45) is 9.75. The lowest BCUT2D eigenvalue weighted by Crippen LogP contribution is -2.42. The van der Waals surface area contributed by atoms with Gasteiger partial charge in [-0.1, -0.05) is 48.9 Å². The number of rotatable bonds is 4. The molecular weight excluding hydrogens is 370 g/mol. The number of piperidine rings is 1. The second-order valence-electron chi connectivity index (χ2n) is 7.23. The summed E-state index contributed by atoms with van der Waals surface area (Å²) in [6.45, 7) is 2.99. The first kappa shape index (κ1) is 18.8. The molecule has 0 spiro atoms. The number of hydrogen-bond acceptors (Lipinski definition) is 2. The number of aromatic nitrogens is 2. The molecule has 4 nitrogen and oxygen atoms in total. The highest BCUT2D eigenvalue weighted by Crippen LogP contribution is 2.28. The van der Waals surface area contributed by atoms with E-state index in [1.807, 2.05) is 59.6 Å². The fourth-order valence-corrected chi connectivity index (χ4v) is 4.16. The van der Waals surface area contributed by atoms with Crippen LogP contribution in [0.15, 0.2) is 54.7 Å². The summed E-state index contributed by atoms with van der Waals surface area (Å²) >= 11 is 6.63. The van der Waals surface area contributed by atoms with Crippen molar-refractivity contribution in [3.05, 3.63) is 65.3 Å². The topological polar surface area (TPSA) is 37.6 Å². The summed E-state index contributed by atoms with van der Waals surface area (Å²) in [7, 11) is 0. The number of pyridine rings is 1. The highest BCUT2D eigenvalue weighted by atomic mass is 35.5. The molecule has 4 rings (SSSR count). The Labute approximate surface area is 170 Å². The Balaban J connectivity index is 1.59. The molecule has 1 unspecified atom stereocenters. The van der Waals surface area contributed by atoms with Gasteiger partial charge in [0.2, 0.25) is 5.91 Å². The molecule has 0 bridgehead atoms. The number of carbonyl (C=O) groups excluding carboxylic acids is 1. The van der Waals surface area contributed by atoms with Gasteiger partial charge < -0.3 is 4.90 Å². The predicted molar refractivity (Wildman–Crippen MR) is 114 cm³/mol. The minimum absolute atomic E-state index is 0.0703. The maximum absolute atomic E-state index is 12.7. The molecule has 1 fully saturated rings. The highest BCUT2D eigenvalue weighted by Gasteiger charge is 2.23. The lowest BCUT2D eigenvalue weighted by Gasteiger charge is -2.34. The van der Waals surface area contributed by atoms with Crippen molar-refractivity contribution >= 4 is 29.1 Å². The van der Waals surface area contributed by atoms with Crippen LogP contribution in [0.1, 0.15) is 38.2 Å². The van der Waals surface area contributed by atoms with Crippen LogP contribution in [0.3, 0.4) is 0 Å². The minimum Gasteiger partial charge on any atom is -0.336 e. The Morgan fingerprint density at radius 1 is 1.25 bits per heavy atom. The zero-order valence-electron chi connectivity index (χ0n) is 16.0. The first-order valence-corrected chi connectivity index (χ1v) is 10.3. The zero-order chi connectivity index (χ0) is 19.5. The van der Waals surface area contributed by atoms with Crippen molar-refractivity contribution in [1.82, 2.24) is 14.5 Å². The van der Waals surface area contributed by atoms with Gasteiger partial charge in [0, 0.05) is 30.4 Å². The van der Waals surface area contributed by atoms with Crippen molar-refractivity contribution in [2.45, 2.75) is 38.6 Å². The molecule has 1 atom stereocenters. The van der Waals surface area contributed by atoms with E-state index >= 15 is 0 Å². The van der Waals surface area contributed by atoms with Gasteiger partial charge in [-0.05, 0) is 49.5 Å². The Morgan fingerprint density at radius 2 is 2.07 bits per heavy atom. The molecular formula is C23H24ClN3O. The molecule has 0 N–H and O–H groups in total. The standard InChI is InChI=1S/C23H24ClN3O/c1-2-19-10-6-7-14-26(19)22(28)12-11-18-13-15-27-21(23(18)24)16-20(25-27)17-8-4-3-5-9-17/h3-5,8-9,11-13,15-16,19H,2,6-7,10,14H2,1H3. The van der Waals surface area contributed by atoms with Crippen molar-refractivity contribution in [1.29, 1.82) is 0 Å². The van der Waals surface area contributed by atoms with Crippen LogP contribution in [0, 0.1) is 0 Å². The van der Waals surface area contributed by atoms with Crippen LogP contribution in [0.5, 0.6) is 0 Å². The van der Waals surface area contributed by atoms with Crippen molar-refractivity contribution in [2.24, 2.45) is 0 Å². The van der Waals surface area contributed by atoms with Crippen LogP contribution in [-0.2, 0) is 4.79 Å². The van der Waals surface area contributed by atoms with E-state index in [4.69, 9.17) is 11.6 Å². The third-order valence-electron chi connectivity index (χ3n) is 5.47. The molecule has 0 aliphatic carbocycles.